The van der Waals surface area contributed by atoms with E-state index in [1.165, 1.54) is 0 Å². The molecular weight excluding hydrogens is 318 g/mol. The highest BCUT2D eigenvalue weighted by Gasteiger charge is 2.28. The molecule has 1 aliphatic heterocycles. The average molecular weight is 339 g/mol. The minimum atomic E-state index is -0.543. The van der Waals surface area contributed by atoms with Crippen molar-refractivity contribution in [1.82, 2.24) is 9.78 Å². The summed E-state index contributed by atoms with van der Waals surface area (Å²) < 4.78 is 1.68. The largest absolute Gasteiger partial charge is 0.368 e. The van der Waals surface area contributed by atoms with Crippen LogP contribution in [0, 0.1) is 0 Å². The number of nitrogens with two attached hydrogens (primary N) is 1. The lowest BCUT2D eigenvalue weighted by Gasteiger charge is -2.19. The molecule has 130 valence electrons. The number of imide groups is 1. The summed E-state index contributed by atoms with van der Waals surface area (Å²) in [6, 6.07) is 5.88. The minimum Gasteiger partial charge on any atom is -0.368 e. The summed E-state index contributed by atoms with van der Waals surface area (Å²) in [5.74, 6) is -0.811. The summed E-state index contributed by atoms with van der Waals surface area (Å²) in [7, 11) is 1.79. The molecule has 2 heterocycles. The SMILES string of the molecule is C=CC(=O)N(C(=O)C=C)c1nn(C)c2c(N3CC[C@@H](N)C3)cccc12. The van der Waals surface area contributed by atoms with Gasteiger partial charge in [-0.25, -0.2) is 4.90 Å². The van der Waals surface area contributed by atoms with E-state index in [0.29, 0.717) is 5.39 Å². The molecule has 2 amide bonds. The summed E-state index contributed by atoms with van der Waals surface area (Å²) in [5.41, 5.74) is 7.87. The van der Waals surface area contributed by atoms with Crippen LogP contribution < -0.4 is 15.5 Å². The van der Waals surface area contributed by atoms with Crippen molar-refractivity contribution in [1.29, 1.82) is 0 Å². The molecule has 0 unspecified atom stereocenters. The summed E-state index contributed by atoms with van der Waals surface area (Å²) in [6.07, 6.45) is 3.10. The van der Waals surface area contributed by atoms with E-state index in [1.54, 1.807) is 11.7 Å². The molecule has 0 spiro atoms. The molecule has 1 aromatic carbocycles. The second-order valence-electron chi connectivity index (χ2n) is 6.04. The number of fused-ring (bicyclic) bond motifs is 1. The molecular formula is C18H21N5O2. The quantitative estimate of drug-likeness (QED) is 0.850. The zero-order valence-electron chi connectivity index (χ0n) is 14.2. The minimum absolute atomic E-state index is 0.143. The monoisotopic (exact) mass is 339 g/mol. The van der Waals surface area contributed by atoms with Crippen molar-refractivity contribution in [2.45, 2.75) is 12.5 Å². The first-order chi connectivity index (χ1) is 12.0. The van der Waals surface area contributed by atoms with E-state index >= 15 is 0 Å². The third-order valence-corrected chi connectivity index (χ3v) is 4.39. The van der Waals surface area contributed by atoms with Gasteiger partial charge in [0.25, 0.3) is 11.8 Å². The van der Waals surface area contributed by atoms with Gasteiger partial charge < -0.3 is 10.6 Å². The van der Waals surface area contributed by atoms with Gasteiger partial charge in [0.2, 0.25) is 0 Å². The first-order valence-corrected chi connectivity index (χ1v) is 8.07. The number of benzene rings is 1. The van der Waals surface area contributed by atoms with Crippen LogP contribution in [0.4, 0.5) is 11.5 Å². The van der Waals surface area contributed by atoms with Gasteiger partial charge in [0.05, 0.1) is 11.2 Å². The van der Waals surface area contributed by atoms with Crippen LogP contribution in [0.3, 0.4) is 0 Å². The number of para-hydroxylation sites is 1. The Morgan fingerprint density at radius 3 is 2.56 bits per heavy atom. The molecule has 7 nitrogen and oxygen atoms in total. The summed E-state index contributed by atoms with van der Waals surface area (Å²) in [6.45, 7) is 8.56. The maximum Gasteiger partial charge on any atom is 0.258 e. The van der Waals surface area contributed by atoms with Crippen molar-refractivity contribution in [3.05, 3.63) is 43.5 Å². The van der Waals surface area contributed by atoms with E-state index < -0.39 is 11.8 Å². The fraction of sp³-hybridized carbons (Fsp3) is 0.278. The number of anilines is 2. The second kappa shape index (κ2) is 6.52. The maximum absolute atomic E-state index is 12.2. The molecule has 7 heteroatoms. The Labute approximate surface area is 146 Å². The lowest BCUT2D eigenvalue weighted by atomic mass is 10.2. The first kappa shape index (κ1) is 16.9. The zero-order valence-corrected chi connectivity index (χ0v) is 14.2. The van der Waals surface area contributed by atoms with Crippen LogP contribution in [0.15, 0.2) is 43.5 Å². The third-order valence-electron chi connectivity index (χ3n) is 4.39. The van der Waals surface area contributed by atoms with Crippen LogP contribution in [0.5, 0.6) is 0 Å². The van der Waals surface area contributed by atoms with Crippen molar-refractivity contribution in [2.24, 2.45) is 12.8 Å². The van der Waals surface area contributed by atoms with E-state index in [2.05, 4.69) is 23.2 Å². The fourth-order valence-corrected chi connectivity index (χ4v) is 3.22. The van der Waals surface area contributed by atoms with Crippen LogP contribution in [-0.4, -0.2) is 40.7 Å². The smallest absolute Gasteiger partial charge is 0.258 e. The normalized spacial score (nSPS) is 16.9. The summed E-state index contributed by atoms with van der Waals surface area (Å²) in [4.78, 5) is 27.6. The predicted molar refractivity (Wildman–Crippen MR) is 98.4 cm³/mol. The highest BCUT2D eigenvalue weighted by Crippen LogP contribution is 2.34. The Bertz CT molecular complexity index is 850. The number of hydrogen-bond acceptors (Lipinski definition) is 5. The Morgan fingerprint density at radius 1 is 1.32 bits per heavy atom. The van der Waals surface area contributed by atoms with E-state index in [0.717, 1.165) is 47.8 Å². The van der Waals surface area contributed by atoms with E-state index in [1.807, 2.05) is 18.2 Å². The molecule has 1 aromatic heterocycles. The van der Waals surface area contributed by atoms with Crippen molar-refractivity contribution in [2.75, 3.05) is 22.9 Å². The molecule has 25 heavy (non-hydrogen) atoms. The molecule has 0 aliphatic carbocycles. The van der Waals surface area contributed by atoms with Gasteiger partial charge in [0.1, 0.15) is 0 Å². The highest BCUT2D eigenvalue weighted by molar-refractivity contribution is 6.24. The van der Waals surface area contributed by atoms with E-state index in [4.69, 9.17) is 5.73 Å². The van der Waals surface area contributed by atoms with Crippen molar-refractivity contribution < 1.29 is 9.59 Å². The Hall–Kier alpha value is -2.93. The number of carbonyl (C=O) groups excluding carboxylic acids is 2. The maximum atomic E-state index is 12.2. The number of amides is 2. The van der Waals surface area contributed by atoms with Crippen molar-refractivity contribution in [3.8, 4) is 0 Å². The molecule has 1 atom stereocenters. The lowest BCUT2D eigenvalue weighted by molar-refractivity contribution is -0.121. The van der Waals surface area contributed by atoms with E-state index in [-0.39, 0.29) is 11.9 Å². The van der Waals surface area contributed by atoms with Crippen molar-refractivity contribution in [3.63, 3.8) is 0 Å². The van der Waals surface area contributed by atoms with Gasteiger partial charge in [-0.15, -0.1) is 0 Å². The van der Waals surface area contributed by atoms with Gasteiger partial charge in [-0.2, -0.15) is 5.10 Å². The van der Waals surface area contributed by atoms with Crippen LogP contribution in [0.1, 0.15) is 6.42 Å². The zero-order chi connectivity index (χ0) is 18.1. The van der Waals surface area contributed by atoms with Crippen LogP contribution >= 0.6 is 0 Å². The van der Waals surface area contributed by atoms with Crippen LogP contribution in [0.25, 0.3) is 10.9 Å². The van der Waals surface area contributed by atoms with Crippen LogP contribution in [-0.2, 0) is 16.6 Å². The molecule has 3 rings (SSSR count). The Morgan fingerprint density at radius 2 is 2.00 bits per heavy atom. The third kappa shape index (κ3) is 2.83. The molecule has 0 saturated carbocycles. The molecule has 2 N–H and O–H groups in total. The predicted octanol–water partition coefficient (Wildman–Crippen LogP) is 1.34. The highest BCUT2D eigenvalue weighted by atomic mass is 16.2. The summed E-state index contributed by atoms with van der Waals surface area (Å²) >= 11 is 0. The van der Waals surface area contributed by atoms with Crippen molar-refractivity contribution >= 4 is 34.2 Å². The van der Waals surface area contributed by atoms with Gasteiger partial charge in [-0.3, -0.25) is 14.3 Å². The molecule has 1 fully saturated rings. The molecule has 0 radical (unpaired) electrons. The van der Waals surface area contributed by atoms with Gasteiger partial charge in [0, 0.05) is 31.6 Å². The number of carbonyl (C=O) groups is 2. The lowest BCUT2D eigenvalue weighted by Crippen LogP contribution is -2.34. The fourth-order valence-electron chi connectivity index (χ4n) is 3.22. The van der Waals surface area contributed by atoms with Gasteiger partial charge in [-0.05, 0) is 30.7 Å². The van der Waals surface area contributed by atoms with Gasteiger partial charge in [-0.1, -0.05) is 19.2 Å². The number of nitrogens with zero attached hydrogens (tertiary/aromatic N) is 4. The molecule has 0 bridgehead atoms. The Balaban J connectivity index is 2.18. The standard InChI is InChI=1S/C18H21N5O2/c1-4-15(24)23(16(25)5-2)18-13-7-6-8-14(17(13)21(3)20-18)22-10-9-12(19)11-22/h4-8,12H,1-2,9-11,19H2,3H3/t12-/m1/s1. The number of hydrogen-bond donors (Lipinski definition) is 1. The van der Waals surface area contributed by atoms with Crippen LogP contribution in [0.2, 0.25) is 0 Å². The first-order valence-electron chi connectivity index (χ1n) is 8.07. The topological polar surface area (TPSA) is 84.5 Å². The number of rotatable bonds is 4. The number of aryl methyl sites for hydroxylation is 1. The molecule has 1 saturated heterocycles. The average Bonchev–Trinajstić information content (AvgIpc) is 3.19. The van der Waals surface area contributed by atoms with Gasteiger partial charge >= 0.3 is 0 Å². The molecule has 1 aliphatic rings. The van der Waals surface area contributed by atoms with E-state index in [9.17, 15) is 9.59 Å². The molecule has 2 aromatic rings. The van der Waals surface area contributed by atoms with Gasteiger partial charge in [0.15, 0.2) is 5.82 Å². The Kier molecular flexibility index (Phi) is 4.41. The number of aromatic nitrogens is 2. The second-order valence-corrected chi connectivity index (χ2v) is 6.04. The summed E-state index contributed by atoms with van der Waals surface area (Å²) in [5, 5.41) is 5.14.